The van der Waals surface area contributed by atoms with Gasteiger partial charge in [0.25, 0.3) is 0 Å². The van der Waals surface area contributed by atoms with Crippen LogP contribution in [0, 0.1) is 0 Å². The zero-order valence-electron chi connectivity index (χ0n) is 9.15. The number of aromatic nitrogens is 2. The molecule has 1 heterocycles. The van der Waals surface area contributed by atoms with Crippen LogP contribution in [0.15, 0.2) is 30.5 Å². The molecule has 1 unspecified atom stereocenters. The maximum absolute atomic E-state index is 5.68. The smallest absolute Gasteiger partial charge is 0.145 e. The van der Waals surface area contributed by atoms with E-state index in [-0.39, 0.29) is 0 Å². The van der Waals surface area contributed by atoms with Gasteiger partial charge >= 0.3 is 0 Å². The van der Waals surface area contributed by atoms with Crippen LogP contribution < -0.4 is 5.32 Å². The van der Waals surface area contributed by atoms with Gasteiger partial charge in [-0.15, -0.1) is 11.6 Å². The van der Waals surface area contributed by atoms with E-state index in [9.17, 15) is 0 Å². The predicted molar refractivity (Wildman–Crippen MR) is 68.0 cm³/mol. The van der Waals surface area contributed by atoms with Crippen LogP contribution in [0.1, 0.15) is 13.3 Å². The number of anilines is 1. The van der Waals surface area contributed by atoms with Gasteiger partial charge in [0.05, 0.1) is 17.2 Å². The Bertz CT molecular complexity index is 473. The van der Waals surface area contributed by atoms with Crippen LogP contribution in [-0.2, 0) is 0 Å². The summed E-state index contributed by atoms with van der Waals surface area (Å²) in [4.78, 5) is 8.82. The van der Waals surface area contributed by atoms with Gasteiger partial charge in [0, 0.05) is 11.9 Å². The van der Waals surface area contributed by atoms with Crippen molar-refractivity contribution in [3.63, 3.8) is 0 Å². The number of nitrogens with one attached hydrogen (secondary N) is 1. The molecule has 0 fully saturated rings. The Morgan fingerprint density at radius 2 is 2.06 bits per heavy atom. The molecular formula is C12H14ClN3. The highest BCUT2D eigenvalue weighted by molar-refractivity contribution is 6.17. The number of halogens is 1. The molecule has 0 radical (unpaired) electrons. The van der Waals surface area contributed by atoms with Crippen molar-refractivity contribution in [1.29, 1.82) is 0 Å². The van der Waals surface area contributed by atoms with E-state index in [1.165, 1.54) is 0 Å². The average molecular weight is 236 g/mol. The molecule has 3 nitrogen and oxygen atoms in total. The zero-order chi connectivity index (χ0) is 11.4. The fourth-order valence-corrected chi connectivity index (χ4v) is 1.84. The lowest BCUT2D eigenvalue weighted by Crippen LogP contribution is -2.16. The van der Waals surface area contributed by atoms with Crippen LogP contribution in [0.4, 0.5) is 5.82 Å². The minimum Gasteiger partial charge on any atom is -0.366 e. The minimum atomic E-state index is 0.313. The molecule has 0 aliphatic heterocycles. The van der Waals surface area contributed by atoms with E-state index in [1.54, 1.807) is 6.20 Å². The average Bonchev–Trinajstić information content (AvgIpc) is 2.29. The first-order chi connectivity index (χ1) is 7.79. The van der Waals surface area contributed by atoms with E-state index < -0.39 is 0 Å². The van der Waals surface area contributed by atoms with Gasteiger partial charge in [-0.25, -0.2) is 4.98 Å². The van der Waals surface area contributed by atoms with E-state index in [4.69, 9.17) is 11.6 Å². The maximum atomic E-state index is 5.68. The summed E-state index contributed by atoms with van der Waals surface area (Å²) in [5.74, 6) is 1.45. The summed E-state index contributed by atoms with van der Waals surface area (Å²) < 4.78 is 0. The molecule has 84 valence electrons. The van der Waals surface area contributed by atoms with Gasteiger partial charge in [-0.05, 0) is 25.5 Å². The van der Waals surface area contributed by atoms with E-state index in [0.717, 1.165) is 23.3 Å². The molecule has 16 heavy (non-hydrogen) atoms. The number of rotatable bonds is 4. The molecule has 0 bridgehead atoms. The second-order valence-corrected chi connectivity index (χ2v) is 4.14. The highest BCUT2D eigenvalue weighted by Crippen LogP contribution is 2.12. The summed E-state index contributed by atoms with van der Waals surface area (Å²) in [6.45, 7) is 2.08. The standard InChI is InChI=1S/C12H14ClN3/c1-9(6-7-13)15-12-8-14-10-4-2-3-5-11(10)16-12/h2-5,8-9H,6-7H2,1H3,(H,15,16). The van der Waals surface area contributed by atoms with Gasteiger partial charge in [0.15, 0.2) is 0 Å². The quantitative estimate of drug-likeness (QED) is 0.828. The lowest BCUT2D eigenvalue weighted by atomic mass is 10.2. The third-order valence-corrected chi connectivity index (χ3v) is 2.60. The van der Waals surface area contributed by atoms with Crippen LogP contribution in [0.2, 0.25) is 0 Å². The Morgan fingerprint density at radius 1 is 1.31 bits per heavy atom. The summed E-state index contributed by atoms with van der Waals surface area (Å²) >= 11 is 5.68. The second kappa shape index (κ2) is 5.12. The predicted octanol–water partition coefficient (Wildman–Crippen LogP) is 3.06. The topological polar surface area (TPSA) is 37.8 Å². The highest BCUT2D eigenvalue weighted by atomic mass is 35.5. The summed E-state index contributed by atoms with van der Waals surface area (Å²) in [6, 6.07) is 8.14. The fourth-order valence-electron chi connectivity index (χ4n) is 1.52. The van der Waals surface area contributed by atoms with Crippen molar-refractivity contribution in [2.75, 3.05) is 11.2 Å². The van der Waals surface area contributed by atoms with Crippen molar-refractivity contribution in [1.82, 2.24) is 9.97 Å². The van der Waals surface area contributed by atoms with Gasteiger partial charge in [0.2, 0.25) is 0 Å². The zero-order valence-corrected chi connectivity index (χ0v) is 9.91. The third kappa shape index (κ3) is 2.61. The van der Waals surface area contributed by atoms with E-state index in [2.05, 4.69) is 22.2 Å². The number of para-hydroxylation sites is 2. The molecule has 1 N–H and O–H groups in total. The maximum Gasteiger partial charge on any atom is 0.145 e. The molecule has 0 saturated carbocycles. The van der Waals surface area contributed by atoms with E-state index in [1.807, 2.05) is 24.3 Å². The van der Waals surface area contributed by atoms with Crippen LogP contribution in [0.5, 0.6) is 0 Å². The Balaban J connectivity index is 2.19. The highest BCUT2D eigenvalue weighted by Gasteiger charge is 2.03. The van der Waals surface area contributed by atoms with Crippen molar-refractivity contribution in [3.05, 3.63) is 30.5 Å². The van der Waals surface area contributed by atoms with Crippen molar-refractivity contribution in [2.45, 2.75) is 19.4 Å². The monoisotopic (exact) mass is 235 g/mol. The summed E-state index contributed by atoms with van der Waals surface area (Å²) in [5.41, 5.74) is 1.82. The molecule has 0 aliphatic rings. The number of hydrogen-bond donors (Lipinski definition) is 1. The normalized spacial score (nSPS) is 12.6. The molecule has 1 aromatic heterocycles. The molecular weight excluding hydrogens is 222 g/mol. The van der Waals surface area contributed by atoms with Crippen LogP contribution in [-0.4, -0.2) is 21.9 Å². The molecule has 4 heteroatoms. The molecule has 1 atom stereocenters. The number of nitrogens with zero attached hydrogens (tertiary/aromatic N) is 2. The van der Waals surface area contributed by atoms with Gasteiger partial charge in [-0.3, -0.25) is 4.98 Å². The minimum absolute atomic E-state index is 0.313. The van der Waals surface area contributed by atoms with Crippen LogP contribution in [0.25, 0.3) is 11.0 Å². The molecule has 0 spiro atoms. The lowest BCUT2D eigenvalue weighted by Gasteiger charge is -2.12. The molecule has 1 aromatic carbocycles. The SMILES string of the molecule is CC(CCCl)Nc1cnc2ccccc2n1. The van der Waals surface area contributed by atoms with Crippen molar-refractivity contribution >= 4 is 28.5 Å². The number of alkyl halides is 1. The lowest BCUT2D eigenvalue weighted by molar-refractivity contribution is 0.764. The van der Waals surface area contributed by atoms with E-state index >= 15 is 0 Å². The molecule has 0 aliphatic carbocycles. The number of fused-ring (bicyclic) bond motifs is 1. The van der Waals surface area contributed by atoms with Gasteiger partial charge in [-0.2, -0.15) is 0 Å². The second-order valence-electron chi connectivity index (χ2n) is 3.77. The molecule has 0 amide bonds. The molecule has 2 aromatic rings. The molecule has 2 rings (SSSR count). The Morgan fingerprint density at radius 3 is 2.81 bits per heavy atom. The fraction of sp³-hybridized carbons (Fsp3) is 0.333. The Labute approximate surface area is 99.9 Å². The van der Waals surface area contributed by atoms with Gasteiger partial charge in [0.1, 0.15) is 5.82 Å². The number of hydrogen-bond acceptors (Lipinski definition) is 3. The molecule has 0 saturated heterocycles. The van der Waals surface area contributed by atoms with Crippen molar-refractivity contribution in [2.24, 2.45) is 0 Å². The summed E-state index contributed by atoms with van der Waals surface area (Å²) in [7, 11) is 0. The van der Waals surface area contributed by atoms with Crippen molar-refractivity contribution < 1.29 is 0 Å². The van der Waals surface area contributed by atoms with Gasteiger partial charge < -0.3 is 5.32 Å². The third-order valence-electron chi connectivity index (χ3n) is 2.38. The Hall–Kier alpha value is -1.35. The van der Waals surface area contributed by atoms with E-state index in [0.29, 0.717) is 11.9 Å². The van der Waals surface area contributed by atoms with Gasteiger partial charge in [-0.1, -0.05) is 12.1 Å². The van der Waals surface area contributed by atoms with Crippen LogP contribution >= 0.6 is 11.6 Å². The Kier molecular flexibility index (Phi) is 3.57. The number of benzene rings is 1. The summed E-state index contributed by atoms with van der Waals surface area (Å²) in [6.07, 6.45) is 2.67. The first-order valence-electron chi connectivity index (χ1n) is 5.34. The largest absolute Gasteiger partial charge is 0.366 e. The first-order valence-corrected chi connectivity index (χ1v) is 5.87. The summed E-state index contributed by atoms with van der Waals surface area (Å²) in [5, 5.41) is 3.28. The first kappa shape index (κ1) is 11.1. The van der Waals surface area contributed by atoms with Crippen molar-refractivity contribution in [3.8, 4) is 0 Å². The van der Waals surface area contributed by atoms with Crippen LogP contribution in [0.3, 0.4) is 0 Å².